The fourth-order valence-corrected chi connectivity index (χ4v) is 9.80. The van der Waals surface area contributed by atoms with Gasteiger partial charge in [0.1, 0.15) is 0 Å². The molecule has 0 aliphatic heterocycles. The highest BCUT2D eigenvalue weighted by Gasteiger charge is 2.27. The minimum atomic E-state index is 0.568. The van der Waals surface area contributed by atoms with Crippen molar-refractivity contribution in [1.29, 1.82) is 0 Å². The Labute approximate surface area is 355 Å². The standard InChI is InChI=1S/C56H34N6/c1-4-18-35(19-5-1)45-34-38(32-33-57-45)61-46-30-16-14-28-43(46)49-51-48(39-24-10-12-26-41(39)52(49)61)40-25-11-13-27-42(40)53-50(51)44-29-15-17-31-47(44)62(53)56-59-54(36-20-6-2-7-21-36)58-55(60-56)37-22-8-3-9-23-37/h1-34H. The number of fused-ring (bicyclic) bond motifs is 15. The molecule has 0 amide bonds. The van der Waals surface area contributed by atoms with Crippen LogP contribution in [0.3, 0.4) is 0 Å². The first kappa shape index (κ1) is 34.4. The van der Waals surface area contributed by atoms with E-state index in [1.165, 1.54) is 37.7 Å². The minimum Gasteiger partial charge on any atom is -0.308 e. The summed E-state index contributed by atoms with van der Waals surface area (Å²) in [5.74, 6) is 1.81. The number of nitrogens with zero attached hydrogens (tertiary/aromatic N) is 6. The maximum Gasteiger partial charge on any atom is 0.238 e. The largest absolute Gasteiger partial charge is 0.308 e. The summed E-state index contributed by atoms with van der Waals surface area (Å²) in [5.41, 5.74) is 9.29. The molecule has 0 radical (unpaired) electrons. The number of aromatic nitrogens is 6. The van der Waals surface area contributed by atoms with Gasteiger partial charge in [-0.05, 0) is 40.4 Å². The van der Waals surface area contributed by atoms with Crippen molar-refractivity contribution in [3.63, 3.8) is 0 Å². The Hall–Kier alpha value is -8.48. The van der Waals surface area contributed by atoms with Crippen LogP contribution in [0.5, 0.6) is 0 Å². The molecule has 0 spiro atoms. The molecule has 4 heterocycles. The van der Waals surface area contributed by atoms with Crippen LogP contribution < -0.4 is 0 Å². The van der Waals surface area contributed by atoms with E-state index in [4.69, 9.17) is 19.9 Å². The van der Waals surface area contributed by atoms with Crippen LogP contribution in [0, 0.1) is 0 Å². The van der Waals surface area contributed by atoms with Crippen molar-refractivity contribution in [3.8, 4) is 45.7 Å². The molecule has 6 heteroatoms. The van der Waals surface area contributed by atoms with Gasteiger partial charge in [0.25, 0.3) is 0 Å². The Kier molecular flexibility index (Phi) is 7.50. The average molecular weight is 791 g/mol. The van der Waals surface area contributed by atoms with Crippen LogP contribution in [0.15, 0.2) is 206 Å². The molecule has 0 aliphatic rings. The maximum absolute atomic E-state index is 5.33. The van der Waals surface area contributed by atoms with Gasteiger partial charge in [-0.2, -0.15) is 9.97 Å². The summed E-state index contributed by atoms with van der Waals surface area (Å²) < 4.78 is 4.73. The van der Waals surface area contributed by atoms with Crippen molar-refractivity contribution in [1.82, 2.24) is 29.1 Å². The Morgan fingerprint density at radius 3 is 1.31 bits per heavy atom. The van der Waals surface area contributed by atoms with Crippen molar-refractivity contribution in [2.24, 2.45) is 0 Å². The van der Waals surface area contributed by atoms with E-state index in [1.807, 2.05) is 48.7 Å². The van der Waals surface area contributed by atoms with E-state index in [-0.39, 0.29) is 0 Å². The summed E-state index contributed by atoms with van der Waals surface area (Å²) in [6.07, 6.45) is 1.93. The number of pyridine rings is 1. The second kappa shape index (κ2) is 13.5. The van der Waals surface area contributed by atoms with Gasteiger partial charge in [0.05, 0.1) is 27.8 Å². The molecule has 9 aromatic carbocycles. The molecule has 13 rings (SSSR count). The molecule has 0 N–H and O–H groups in total. The third-order valence-electron chi connectivity index (χ3n) is 12.4. The van der Waals surface area contributed by atoms with Gasteiger partial charge >= 0.3 is 0 Å². The molecule has 62 heavy (non-hydrogen) atoms. The Morgan fingerprint density at radius 1 is 0.323 bits per heavy atom. The van der Waals surface area contributed by atoms with Gasteiger partial charge in [0, 0.05) is 66.3 Å². The van der Waals surface area contributed by atoms with Crippen LogP contribution in [-0.2, 0) is 0 Å². The highest BCUT2D eigenvalue weighted by Crippen LogP contribution is 2.50. The van der Waals surface area contributed by atoms with Crippen molar-refractivity contribution < 1.29 is 0 Å². The molecule has 13 aromatic rings. The minimum absolute atomic E-state index is 0.568. The van der Waals surface area contributed by atoms with Gasteiger partial charge in [-0.15, -0.1) is 0 Å². The summed E-state index contributed by atoms with van der Waals surface area (Å²) in [6.45, 7) is 0. The van der Waals surface area contributed by atoms with Crippen LogP contribution in [0.2, 0.25) is 0 Å². The number of para-hydroxylation sites is 2. The molecular weight excluding hydrogens is 757 g/mol. The molecule has 0 bridgehead atoms. The normalized spacial score (nSPS) is 11.9. The molecule has 288 valence electrons. The van der Waals surface area contributed by atoms with Gasteiger partial charge < -0.3 is 4.57 Å². The van der Waals surface area contributed by atoms with E-state index >= 15 is 0 Å². The first-order valence-corrected chi connectivity index (χ1v) is 20.9. The molecule has 0 aliphatic carbocycles. The molecular formula is C56H34N6. The van der Waals surface area contributed by atoms with Crippen LogP contribution in [0.1, 0.15) is 0 Å². The Balaban J connectivity index is 1.25. The lowest BCUT2D eigenvalue weighted by Crippen LogP contribution is -2.06. The van der Waals surface area contributed by atoms with Crippen LogP contribution in [0.4, 0.5) is 0 Å². The molecule has 6 nitrogen and oxygen atoms in total. The summed E-state index contributed by atoms with van der Waals surface area (Å²) in [4.78, 5) is 20.6. The zero-order valence-corrected chi connectivity index (χ0v) is 33.3. The highest BCUT2D eigenvalue weighted by molar-refractivity contribution is 6.45. The fourth-order valence-electron chi connectivity index (χ4n) is 9.80. The van der Waals surface area contributed by atoms with Crippen molar-refractivity contribution in [2.45, 2.75) is 0 Å². The van der Waals surface area contributed by atoms with E-state index in [0.717, 1.165) is 66.3 Å². The van der Waals surface area contributed by atoms with E-state index in [9.17, 15) is 0 Å². The van der Waals surface area contributed by atoms with Gasteiger partial charge in [0.2, 0.25) is 5.95 Å². The molecule has 0 fully saturated rings. The summed E-state index contributed by atoms with van der Waals surface area (Å²) in [7, 11) is 0. The second-order valence-electron chi connectivity index (χ2n) is 15.8. The topological polar surface area (TPSA) is 61.4 Å². The van der Waals surface area contributed by atoms with Crippen LogP contribution >= 0.6 is 0 Å². The number of hydrogen-bond acceptors (Lipinski definition) is 4. The summed E-state index contributed by atoms with van der Waals surface area (Å²) in [6, 6.07) is 70.5. The monoisotopic (exact) mass is 790 g/mol. The second-order valence-corrected chi connectivity index (χ2v) is 15.8. The maximum atomic E-state index is 5.33. The molecule has 0 atom stereocenters. The molecule has 4 aromatic heterocycles. The van der Waals surface area contributed by atoms with E-state index in [1.54, 1.807) is 0 Å². The molecule has 0 unspecified atom stereocenters. The third kappa shape index (κ3) is 5.04. The third-order valence-corrected chi connectivity index (χ3v) is 12.4. The smallest absolute Gasteiger partial charge is 0.238 e. The lowest BCUT2D eigenvalue weighted by molar-refractivity contribution is 0.955. The highest BCUT2D eigenvalue weighted by atomic mass is 15.2. The molecule has 0 saturated heterocycles. The summed E-state index contributed by atoms with van der Waals surface area (Å²) in [5, 5.41) is 11.8. The first-order chi connectivity index (χ1) is 30.8. The average Bonchev–Trinajstić information content (AvgIpc) is 3.89. The van der Waals surface area contributed by atoms with Gasteiger partial charge in [0.15, 0.2) is 11.6 Å². The van der Waals surface area contributed by atoms with Crippen molar-refractivity contribution in [3.05, 3.63) is 206 Å². The fraction of sp³-hybridized carbons (Fsp3) is 0. The van der Waals surface area contributed by atoms with E-state index in [0.29, 0.717) is 17.6 Å². The van der Waals surface area contributed by atoms with Gasteiger partial charge in [-0.25, -0.2) is 4.98 Å². The number of rotatable bonds is 5. The van der Waals surface area contributed by atoms with E-state index < -0.39 is 0 Å². The zero-order chi connectivity index (χ0) is 40.7. The lowest BCUT2D eigenvalue weighted by Gasteiger charge is -2.16. The van der Waals surface area contributed by atoms with Crippen molar-refractivity contribution in [2.75, 3.05) is 0 Å². The van der Waals surface area contributed by atoms with Crippen molar-refractivity contribution >= 4 is 75.9 Å². The lowest BCUT2D eigenvalue weighted by atomic mass is 9.89. The zero-order valence-electron chi connectivity index (χ0n) is 33.3. The SMILES string of the molecule is c1ccc(-c2cc(-n3c4ccccc4c4c5c(c6ccccc6c43)c3ccccc3c3c5c4ccccc4n3-c3nc(-c4ccccc4)nc(-c4ccccc4)n3)ccn2)cc1. The molecule has 0 saturated carbocycles. The predicted molar refractivity (Wildman–Crippen MR) is 255 cm³/mol. The predicted octanol–water partition coefficient (Wildman–Crippen LogP) is 13.9. The quantitative estimate of drug-likeness (QED) is 0.163. The number of hydrogen-bond donors (Lipinski definition) is 0. The Bertz CT molecular complexity index is 3850. The van der Waals surface area contributed by atoms with Gasteiger partial charge in [-0.1, -0.05) is 176 Å². The van der Waals surface area contributed by atoms with Gasteiger partial charge in [-0.3, -0.25) is 9.55 Å². The first-order valence-electron chi connectivity index (χ1n) is 20.9. The van der Waals surface area contributed by atoms with Crippen LogP contribution in [-0.4, -0.2) is 29.1 Å². The van der Waals surface area contributed by atoms with E-state index in [2.05, 4.69) is 167 Å². The number of benzene rings is 9. The summed E-state index contributed by atoms with van der Waals surface area (Å²) >= 11 is 0. The Morgan fingerprint density at radius 2 is 0.758 bits per heavy atom. The van der Waals surface area contributed by atoms with Crippen LogP contribution in [0.25, 0.3) is 122 Å².